The van der Waals surface area contributed by atoms with Gasteiger partial charge in [-0.2, -0.15) is 5.21 Å². The number of tetrazole rings is 1. The molecule has 1 aliphatic carbocycles. The van der Waals surface area contributed by atoms with Gasteiger partial charge in [0.2, 0.25) is 11.7 Å². The molecule has 46 heavy (non-hydrogen) atoms. The zero-order valence-corrected chi connectivity index (χ0v) is 26.9. The predicted octanol–water partition coefficient (Wildman–Crippen LogP) is 5.57. The van der Waals surface area contributed by atoms with E-state index in [0.717, 1.165) is 104 Å². The fourth-order valence-electron chi connectivity index (χ4n) is 8.24. The molecule has 2 aliphatic heterocycles. The average Bonchev–Trinajstić information content (AvgIpc) is 3.75. The minimum absolute atomic E-state index is 0.0991. The number of rotatable bonds is 9. The molecule has 3 aliphatic rings. The second kappa shape index (κ2) is 13.4. The van der Waals surface area contributed by atoms with Crippen molar-refractivity contribution in [2.75, 3.05) is 26.3 Å². The number of hydrogen-bond acceptors (Lipinski definition) is 6. The van der Waals surface area contributed by atoms with Gasteiger partial charge in [0.05, 0.1) is 24.7 Å². The molecule has 1 atom stereocenters. The van der Waals surface area contributed by atoms with E-state index in [9.17, 15) is 9.59 Å². The van der Waals surface area contributed by atoms with Crippen molar-refractivity contribution in [3.63, 3.8) is 0 Å². The Labute approximate surface area is 270 Å². The first kappa shape index (κ1) is 30.6. The highest BCUT2D eigenvalue weighted by molar-refractivity contribution is 5.84. The maximum Gasteiger partial charge on any atom is 0.270 e. The molecule has 10 heteroatoms. The van der Waals surface area contributed by atoms with Gasteiger partial charge in [-0.3, -0.25) is 14.3 Å². The minimum Gasteiger partial charge on any atom is -0.378 e. The minimum atomic E-state index is -0.525. The van der Waals surface area contributed by atoms with E-state index >= 15 is 0 Å². The number of H-pyrrole nitrogens is 1. The number of amides is 1. The topological polar surface area (TPSA) is 111 Å². The average molecular weight is 624 g/mol. The van der Waals surface area contributed by atoms with E-state index in [1.165, 1.54) is 0 Å². The first-order valence-electron chi connectivity index (χ1n) is 17.2. The number of carbonyl (C=O) groups excluding carboxylic acids is 1. The summed E-state index contributed by atoms with van der Waals surface area (Å²) in [5.74, 6) is 0.806. The zero-order chi connectivity index (χ0) is 31.5. The van der Waals surface area contributed by atoms with Gasteiger partial charge >= 0.3 is 0 Å². The molecule has 2 aromatic heterocycles. The fourth-order valence-corrected chi connectivity index (χ4v) is 8.24. The summed E-state index contributed by atoms with van der Waals surface area (Å²) in [6, 6.07) is 16.5. The monoisotopic (exact) mass is 623 g/mol. The van der Waals surface area contributed by atoms with Crippen molar-refractivity contribution in [3.8, 4) is 22.5 Å². The third kappa shape index (κ3) is 5.61. The van der Waals surface area contributed by atoms with E-state index in [4.69, 9.17) is 4.74 Å². The van der Waals surface area contributed by atoms with Crippen LogP contribution in [0.5, 0.6) is 0 Å². The third-order valence-electron chi connectivity index (χ3n) is 10.6. The van der Waals surface area contributed by atoms with E-state index in [2.05, 4.69) is 67.2 Å². The van der Waals surface area contributed by atoms with Crippen molar-refractivity contribution in [1.82, 2.24) is 34.9 Å². The van der Waals surface area contributed by atoms with Crippen LogP contribution in [0.25, 0.3) is 22.5 Å². The SMILES string of the molecule is CCCCc1c(Cc2ccc(-c3ccccc3-c3nn[nH]n3)cc2)c(=O)n2n1CCCC2C1(C(=O)N2CCOCC2)CCCCC1. The summed E-state index contributed by atoms with van der Waals surface area (Å²) in [4.78, 5) is 31.1. The van der Waals surface area contributed by atoms with E-state index < -0.39 is 5.41 Å². The molecule has 1 saturated carbocycles. The summed E-state index contributed by atoms with van der Waals surface area (Å²) in [6.07, 6.45) is 10.4. The van der Waals surface area contributed by atoms with E-state index in [-0.39, 0.29) is 17.5 Å². The lowest BCUT2D eigenvalue weighted by atomic mass is 9.66. The Bertz CT molecular complexity index is 1690. The number of fused-ring (bicyclic) bond motifs is 1. The van der Waals surface area contributed by atoms with Crippen LogP contribution in [-0.2, 0) is 28.9 Å². The van der Waals surface area contributed by atoms with Gasteiger partial charge in [0.25, 0.3) is 5.56 Å². The molecule has 2 aromatic carbocycles. The molecule has 0 radical (unpaired) electrons. The molecular weight excluding hydrogens is 578 g/mol. The lowest BCUT2D eigenvalue weighted by molar-refractivity contribution is -0.153. The Balaban J connectivity index is 1.24. The van der Waals surface area contributed by atoms with Crippen LogP contribution in [0.4, 0.5) is 0 Å². The fraction of sp³-hybridized carbons (Fsp3) is 0.528. The number of unbranched alkanes of at least 4 members (excludes halogenated alkanes) is 1. The van der Waals surface area contributed by atoms with Crippen LogP contribution in [0, 0.1) is 5.41 Å². The molecule has 4 aromatic rings. The summed E-state index contributed by atoms with van der Waals surface area (Å²) >= 11 is 0. The molecule has 4 heterocycles. The van der Waals surface area contributed by atoms with Crippen molar-refractivity contribution in [2.45, 2.75) is 90.1 Å². The van der Waals surface area contributed by atoms with E-state index in [1.54, 1.807) is 0 Å². The number of morpholine rings is 1. The van der Waals surface area contributed by atoms with Crippen LogP contribution in [0.1, 0.15) is 87.6 Å². The highest BCUT2D eigenvalue weighted by Crippen LogP contribution is 2.49. The molecule has 10 nitrogen and oxygen atoms in total. The molecule has 1 saturated heterocycles. The van der Waals surface area contributed by atoms with Crippen molar-refractivity contribution < 1.29 is 9.53 Å². The Morgan fingerprint density at radius 1 is 0.978 bits per heavy atom. The van der Waals surface area contributed by atoms with Crippen LogP contribution in [0.3, 0.4) is 0 Å². The number of aromatic nitrogens is 6. The highest BCUT2D eigenvalue weighted by atomic mass is 16.5. The van der Waals surface area contributed by atoms with Crippen molar-refractivity contribution >= 4 is 5.91 Å². The summed E-state index contributed by atoms with van der Waals surface area (Å²) in [6.45, 7) is 5.51. The molecule has 1 unspecified atom stereocenters. The largest absolute Gasteiger partial charge is 0.378 e. The second-order valence-corrected chi connectivity index (χ2v) is 13.2. The lowest BCUT2D eigenvalue weighted by Gasteiger charge is -2.47. The van der Waals surface area contributed by atoms with E-state index in [0.29, 0.717) is 38.5 Å². The lowest BCUT2D eigenvalue weighted by Crippen LogP contribution is -2.55. The van der Waals surface area contributed by atoms with Gasteiger partial charge in [-0.05, 0) is 60.4 Å². The third-order valence-corrected chi connectivity index (χ3v) is 10.6. The van der Waals surface area contributed by atoms with Gasteiger partial charge in [0.1, 0.15) is 0 Å². The number of aromatic amines is 1. The molecule has 0 spiro atoms. The van der Waals surface area contributed by atoms with Gasteiger partial charge < -0.3 is 9.64 Å². The van der Waals surface area contributed by atoms with Crippen LogP contribution >= 0.6 is 0 Å². The maximum absolute atomic E-state index is 14.6. The molecule has 1 amide bonds. The van der Waals surface area contributed by atoms with Gasteiger partial charge in [0, 0.05) is 42.9 Å². The summed E-state index contributed by atoms with van der Waals surface area (Å²) in [5.41, 5.74) is 5.74. The van der Waals surface area contributed by atoms with Crippen LogP contribution in [0.2, 0.25) is 0 Å². The Morgan fingerprint density at radius 3 is 2.46 bits per heavy atom. The number of nitrogens with zero attached hydrogens (tertiary/aromatic N) is 6. The molecule has 242 valence electrons. The molecule has 0 bridgehead atoms. The van der Waals surface area contributed by atoms with Crippen LogP contribution in [-0.4, -0.2) is 67.1 Å². The first-order chi connectivity index (χ1) is 22.6. The normalized spacial score (nSPS) is 19.6. The molecule has 7 rings (SSSR count). The van der Waals surface area contributed by atoms with Crippen molar-refractivity contribution in [1.29, 1.82) is 0 Å². The smallest absolute Gasteiger partial charge is 0.270 e. The number of ether oxygens (including phenoxy) is 1. The Kier molecular flexibility index (Phi) is 8.88. The van der Waals surface area contributed by atoms with Crippen LogP contribution in [0.15, 0.2) is 53.3 Å². The summed E-state index contributed by atoms with van der Waals surface area (Å²) in [7, 11) is 0. The highest BCUT2D eigenvalue weighted by Gasteiger charge is 2.51. The number of benzene rings is 2. The molecular formula is C36H45N7O3. The van der Waals surface area contributed by atoms with E-state index in [1.807, 2.05) is 23.1 Å². The first-order valence-corrected chi connectivity index (χ1v) is 17.2. The van der Waals surface area contributed by atoms with Gasteiger partial charge in [-0.1, -0.05) is 81.1 Å². The maximum atomic E-state index is 14.6. The van der Waals surface area contributed by atoms with Gasteiger partial charge in [0.15, 0.2) is 0 Å². The zero-order valence-electron chi connectivity index (χ0n) is 26.9. The van der Waals surface area contributed by atoms with Crippen molar-refractivity contribution in [3.05, 3.63) is 75.7 Å². The number of nitrogens with one attached hydrogen (secondary N) is 1. The predicted molar refractivity (Wildman–Crippen MR) is 176 cm³/mol. The summed E-state index contributed by atoms with van der Waals surface area (Å²) < 4.78 is 9.95. The standard InChI is InChI=1S/C36H45N7O3/c1-2-3-12-31-30(25-26-14-16-27(17-15-26)28-10-5-6-11-29(28)33-37-39-40-38-33)34(44)43-32(13-9-20-42(31)43)36(18-7-4-8-19-36)35(45)41-21-23-46-24-22-41/h5-6,10-11,14-17,32H,2-4,7-9,12-13,18-25H2,1H3,(H,37,38,39,40). The summed E-state index contributed by atoms with van der Waals surface area (Å²) in [5, 5.41) is 14.7. The quantitative estimate of drug-likeness (QED) is 0.261. The van der Waals surface area contributed by atoms with Gasteiger partial charge in [-0.15, -0.1) is 10.2 Å². The Morgan fingerprint density at radius 2 is 1.74 bits per heavy atom. The van der Waals surface area contributed by atoms with Crippen molar-refractivity contribution in [2.24, 2.45) is 5.41 Å². The number of carbonyl (C=O) groups is 1. The molecule has 1 N–H and O–H groups in total. The van der Waals surface area contributed by atoms with Crippen LogP contribution < -0.4 is 5.56 Å². The second-order valence-electron chi connectivity index (χ2n) is 13.2. The number of hydrogen-bond donors (Lipinski definition) is 1. The molecule has 2 fully saturated rings. The van der Waals surface area contributed by atoms with Gasteiger partial charge in [-0.25, -0.2) is 4.68 Å². The Hall–Kier alpha value is -4.05.